The molecule has 0 aliphatic rings. The minimum absolute atomic E-state index is 0.156. The first-order valence-electron chi connectivity index (χ1n) is 6.98. The highest BCUT2D eigenvalue weighted by molar-refractivity contribution is 5.88. The first kappa shape index (κ1) is 17.9. The Morgan fingerprint density at radius 1 is 1.45 bits per heavy atom. The number of alkyl halides is 1. The summed E-state index contributed by atoms with van der Waals surface area (Å²) in [7, 11) is 1.48. The van der Waals surface area contributed by atoms with Crippen molar-refractivity contribution in [3.05, 3.63) is 35.0 Å². The second-order valence-electron chi connectivity index (χ2n) is 5.68. The Morgan fingerprint density at radius 3 is 2.59 bits per heavy atom. The van der Waals surface area contributed by atoms with E-state index in [1.165, 1.54) is 33.1 Å². The smallest absolute Gasteiger partial charge is 0.335 e. The number of carboxylic acids is 1. The number of nitrogens with zero attached hydrogens (tertiary/aromatic N) is 1. The molecule has 1 atom stereocenters. The molecule has 0 saturated carbocycles. The van der Waals surface area contributed by atoms with Crippen LogP contribution < -0.4 is 4.74 Å². The molecule has 0 aliphatic carbocycles. The minimum atomic E-state index is -1.33. The molecule has 0 amide bonds. The molecular weight excluding hydrogens is 285 g/mol. The number of hydrogen-bond donors (Lipinski definition) is 1. The second kappa shape index (κ2) is 7.20. The molecular formula is C17H22FNO3. The lowest BCUT2D eigenvalue weighted by Crippen LogP contribution is -2.24. The van der Waals surface area contributed by atoms with Crippen molar-refractivity contribution in [1.82, 2.24) is 0 Å². The molecule has 1 N–H and O–H groups in total. The van der Waals surface area contributed by atoms with Crippen molar-refractivity contribution in [2.45, 2.75) is 33.4 Å². The van der Waals surface area contributed by atoms with Gasteiger partial charge >= 0.3 is 5.97 Å². The molecule has 4 nitrogen and oxygen atoms in total. The summed E-state index contributed by atoms with van der Waals surface area (Å²) in [6.45, 7) is 6.57. The summed E-state index contributed by atoms with van der Waals surface area (Å²) in [6, 6.07) is 4.61. The molecule has 0 heterocycles. The fraction of sp³-hybridized carbons (Fsp3) is 0.412. The van der Waals surface area contributed by atoms with Crippen LogP contribution in [0.25, 0.3) is 6.08 Å². The Bertz CT molecular complexity index is 600. The maximum atomic E-state index is 13.7. The van der Waals surface area contributed by atoms with Gasteiger partial charge in [-0.25, -0.2) is 9.18 Å². The number of allylic oxidation sites excluding steroid dienone is 1. The highest BCUT2D eigenvalue weighted by atomic mass is 19.1. The van der Waals surface area contributed by atoms with Crippen LogP contribution in [-0.2, 0) is 0 Å². The average Bonchev–Trinajstić information content (AvgIpc) is 2.43. The van der Waals surface area contributed by atoms with Gasteiger partial charge in [-0.2, -0.15) is 0 Å². The van der Waals surface area contributed by atoms with Crippen molar-refractivity contribution in [2.75, 3.05) is 7.11 Å². The first-order chi connectivity index (χ1) is 10.1. The highest BCUT2D eigenvalue weighted by Gasteiger charge is 2.22. The lowest BCUT2D eigenvalue weighted by atomic mass is 9.96. The number of aliphatic imine (C=N–C) groups is 1. The molecule has 0 saturated heterocycles. The molecule has 120 valence electrons. The molecule has 5 heteroatoms. The van der Waals surface area contributed by atoms with Gasteiger partial charge in [0.15, 0.2) is 0 Å². The van der Waals surface area contributed by atoms with Crippen LogP contribution >= 0.6 is 0 Å². The van der Waals surface area contributed by atoms with Gasteiger partial charge in [0, 0.05) is 23.4 Å². The van der Waals surface area contributed by atoms with E-state index in [4.69, 9.17) is 9.84 Å². The summed E-state index contributed by atoms with van der Waals surface area (Å²) in [4.78, 5) is 15.2. The molecule has 1 aromatic rings. The van der Waals surface area contributed by atoms with E-state index in [1.807, 2.05) is 0 Å². The van der Waals surface area contributed by atoms with E-state index in [0.29, 0.717) is 17.0 Å². The number of carbonyl (C=O) groups is 1. The summed E-state index contributed by atoms with van der Waals surface area (Å²) in [5.74, 6) is -0.872. The van der Waals surface area contributed by atoms with Gasteiger partial charge in [-0.1, -0.05) is 13.0 Å². The summed E-state index contributed by atoms with van der Waals surface area (Å²) in [5, 5.41) is 8.97. The molecule has 0 aromatic heterocycles. The number of halogens is 1. The number of carboxylic acid groups (broad SMARTS) is 1. The van der Waals surface area contributed by atoms with Crippen LogP contribution in [0.2, 0.25) is 0 Å². The predicted octanol–water partition coefficient (Wildman–Crippen LogP) is 4.21. The third kappa shape index (κ3) is 4.98. The van der Waals surface area contributed by atoms with Gasteiger partial charge in [-0.05, 0) is 39.0 Å². The number of hydrogen-bond acceptors (Lipinski definition) is 3. The molecule has 0 fully saturated rings. The summed E-state index contributed by atoms with van der Waals surface area (Å²) >= 11 is 0. The monoisotopic (exact) mass is 307 g/mol. The number of rotatable bonds is 6. The summed E-state index contributed by atoms with van der Waals surface area (Å²) in [5.41, 5.74) is 0.222. The van der Waals surface area contributed by atoms with Crippen molar-refractivity contribution in [3.63, 3.8) is 0 Å². The van der Waals surface area contributed by atoms with E-state index in [0.717, 1.165) is 0 Å². The highest BCUT2D eigenvalue weighted by Crippen LogP contribution is 2.24. The first-order valence-corrected chi connectivity index (χ1v) is 6.98. The second-order valence-corrected chi connectivity index (χ2v) is 5.68. The molecule has 0 spiro atoms. The van der Waals surface area contributed by atoms with Crippen LogP contribution in [-0.4, -0.2) is 30.1 Å². The number of ether oxygens (including phenoxy) is 1. The molecule has 1 unspecified atom stereocenters. The Hall–Kier alpha value is -2.17. The van der Waals surface area contributed by atoms with Crippen LogP contribution in [0.4, 0.5) is 4.39 Å². The van der Waals surface area contributed by atoms with Gasteiger partial charge in [0.1, 0.15) is 11.4 Å². The topological polar surface area (TPSA) is 58.9 Å². The van der Waals surface area contributed by atoms with E-state index >= 15 is 0 Å². The van der Waals surface area contributed by atoms with Crippen LogP contribution in [0, 0.1) is 5.92 Å². The van der Waals surface area contributed by atoms with Crippen molar-refractivity contribution < 1.29 is 19.0 Å². The van der Waals surface area contributed by atoms with Gasteiger partial charge in [0.05, 0.1) is 12.7 Å². The van der Waals surface area contributed by atoms with Crippen molar-refractivity contribution in [3.8, 4) is 5.75 Å². The zero-order valence-electron chi connectivity index (χ0n) is 13.6. The maximum Gasteiger partial charge on any atom is 0.335 e. The number of benzene rings is 1. The molecule has 1 rings (SSSR count). The Kier molecular flexibility index (Phi) is 5.85. The number of methoxy groups -OCH3 is 1. The van der Waals surface area contributed by atoms with E-state index < -0.39 is 11.6 Å². The van der Waals surface area contributed by atoms with E-state index in [1.54, 1.807) is 32.2 Å². The third-order valence-electron chi connectivity index (χ3n) is 3.43. The minimum Gasteiger partial charge on any atom is -0.496 e. The molecule has 22 heavy (non-hydrogen) atoms. The Labute approximate surface area is 130 Å². The van der Waals surface area contributed by atoms with Crippen LogP contribution in [0.5, 0.6) is 5.75 Å². The largest absolute Gasteiger partial charge is 0.496 e. The lowest BCUT2D eigenvalue weighted by Gasteiger charge is -2.18. The fourth-order valence-corrected chi connectivity index (χ4v) is 1.63. The molecule has 1 aromatic carbocycles. The SMILES string of the molecule is COc1cc(C(=O)O)ccc1/C=C(/C)N=CC(C)C(C)(C)F. The zero-order valence-corrected chi connectivity index (χ0v) is 13.6. The van der Waals surface area contributed by atoms with Gasteiger partial charge in [-0.3, -0.25) is 4.99 Å². The fourth-order valence-electron chi connectivity index (χ4n) is 1.63. The maximum absolute atomic E-state index is 13.7. The van der Waals surface area contributed by atoms with Crippen LogP contribution in [0.3, 0.4) is 0 Å². The number of aromatic carboxylic acids is 1. The Balaban J connectivity index is 3.01. The van der Waals surface area contributed by atoms with Gasteiger partial charge < -0.3 is 9.84 Å². The quantitative estimate of drug-likeness (QED) is 0.801. The van der Waals surface area contributed by atoms with E-state index in [9.17, 15) is 9.18 Å². The van der Waals surface area contributed by atoms with Gasteiger partial charge in [-0.15, -0.1) is 0 Å². The van der Waals surface area contributed by atoms with Crippen molar-refractivity contribution >= 4 is 18.3 Å². The van der Waals surface area contributed by atoms with Crippen molar-refractivity contribution in [1.29, 1.82) is 0 Å². The van der Waals surface area contributed by atoms with Crippen LogP contribution in [0.1, 0.15) is 43.6 Å². The normalized spacial score (nSPS) is 14.2. The molecule has 0 radical (unpaired) electrons. The van der Waals surface area contributed by atoms with E-state index in [2.05, 4.69) is 4.99 Å². The molecule has 0 aliphatic heterocycles. The van der Waals surface area contributed by atoms with Crippen molar-refractivity contribution in [2.24, 2.45) is 10.9 Å². The predicted molar refractivity (Wildman–Crippen MR) is 86.4 cm³/mol. The van der Waals surface area contributed by atoms with E-state index in [-0.39, 0.29) is 11.5 Å². The van der Waals surface area contributed by atoms with Crippen LogP contribution in [0.15, 0.2) is 28.9 Å². The third-order valence-corrected chi connectivity index (χ3v) is 3.43. The molecule has 0 bridgehead atoms. The lowest BCUT2D eigenvalue weighted by molar-refractivity contribution is 0.0696. The summed E-state index contributed by atoms with van der Waals surface area (Å²) < 4.78 is 18.9. The summed E-state index contributed by atoms with van der Waals surface area (Å²) in [6.07, 6.45) is 3.34. The zero-order chi connectivity index (χ0) is 16.9. The standard InChI is InChI=1S/C17H22FNO3/c1-11(17(3,4)18)10-19-12(2)8-13-6-7-14(16(20)21)9-15(13)22-5/h6-11H,1-5H3,(H,20,21)/b12-8-,19-10?. The Morgan fingerprint density at radius 2 is 2.09 bits per heavy atom. The average molecular weight is 307 g/mol. The van der Waals surface area contributed by atoms with Gasteiger partial charge in [0.25, 0.3) is 0 Å². The van der Waals surface area contributed by atoms with Gasteiger partial charge in [0.2, 0.25) is 0 Å².